The molecule has 0 saturated heterocycles. The summed E-state index contributed by atoms with van der Waals surface area (Å²) < 4.78 is 47.4. The summed E-state index contributed by atoms with van der Waals surface area (Å²) in [5.74, 6) is -1.38. The summed E-state index contributed by atoms with van der Waals surface area (Å²) in [6.07, 6.45) is 27.3. The molecule has 16 nitrogen and oxygen atoms in total. The highest BCUT2D eigenvalue weighted by molar-refractivity contribution is 7.47. The van der Waals surface area contributed by atoms with Crippen molar-refractivity contribution in [2.45, 2.75) is 166 Å². The highest BCUT2D eigenvalue weighted by Gasteiger charge is 2.28. The number of allylic oxidation sites excluding steroid dienone is 8. The van der Waals surface area contributed by atoms with Crippen LogP contribution in [0.5, 0.6) is 0 Å². The van der Waals surface area contributed by atoms with Gasteiger partial charge in [0.2, 0.25) is 0 Å². The first-order chi connectivity index (χ1) is 28.6. The third-order valence-electron chi connectivity index (χ3n) is 8.74. The minimum absolute atomic E-state index is 0.0456. The van der Waals surface area contributed by atoms with E-state index in [0.29, 0.717) is 6.42 Å². The first-order valence-electron chi connectivity index (χ1n) is 21.3. The molecule has 0 aromatic carbocycles. The van der Waals surface area contributed by atoms with Crippen molar-refractivity contribution in [3.8, 4) is 0 Å². The van der Waals surface area contributed by atoms with Gasteiger partial charge in [-0.05, 0) is 51.4 Å². The molecule has 7 N–H and O–H groups in total. The maximum absolute atomic E-state index is 12.6. The lowest BCUT2D eigenvalue weighted by molar-refractivity contribution is -0.161. The lowest BCUT2D eigenvalue weighted by Gasteiger charge is -2.20. The van der Waals surface area contributed by atoms with Crippen LogP contribution in [-0.2, 0) is 41.8 Å². The standard InChI is InChI=1S/C42H74O16P2/c1-3-5-7-8-9-10-11-12-13-14-15-20-24-30-42(48)58-38(35-57-60(52,53)56-33-37(44)32-55-59(49,50)51)34-54-41(47)31-25-29-40(46)39(45)28-23-19-17-16-18-22-27-36(43)26-21-6-4-2/h10-11,16-19,22-23,27-28,36-40,43-46H,3-9,12-15,20-21,24-26,29-35H2,1-2H3,(H,52,53)(H2,49,50,51)/b11-10-,18-16-,19-17+,27-22+,28-23+/t36-,37+,38-,39-,40-/m1/s1. The Kier molecular flexibility index (Phi) is 35.8. The third kappa shape index (κ3) is 38.6. The smallest absolute Gasteiger partial charge is 0.462 e. The molecule has 0 aromatic heterocycles. The maximum atomic E-state index is 12.6. The molecule has 0 aromatic rings. The van der Waals surface area contributed by atoms with Crippen molar-refractivity contribution in [3.05, 3.63) is 60.8 Å². The van der Waals surface area contributed by atoms with E-state index in [1.54, 1.807) is 42.5 Å². The van der Waals surface area contributed by atoms with E-state index in [4.69, 9.17) is 23.8 Å². The first-order valence-corrected chi connectivity index (χ1v) is 24.3. The number of hydrogen-bond acceptors (Lipinski definition) is 13. The molecule has 0 saturated carbocycles. The molecule has 0 bridgehead atoms. The van der Waals surface area contributed by atoms with Crippen LogP contribution in [0.15, 0.2) is 60.8 Å². The SMILES string of the molecule is CCCCCC/C=C\CCCCCCCC(=O)O[C@H](COC(=O)CCC[C@@H](O)[C@H](O)/C=C/C=C/C=C\C=C\[C@H](O)CCCCC)COP(=O)(O)OC[C@@H](O)COP(=O)(O)O. The van der Waals surface area contributed by atoms with Crippen LogP contribution < -0.4 is 0 Å². The average Bonchev–Trinajstić information content (AvgIpc) is 3.19. The number of carbonyl (C=O) groups excluding carboxylic acids is 2. The Morgan fingerprint density at radius 3 is 1.75 bits per heavy atom. The van der Waals surface area contributed by atoms with E-state index in [9.17, 15) is 44.0 Å². The first kappa shape index (κ1) is 57.7. The highest BCUT2D eigenvalue weighted by atomic mass is 31.2. The van der Waals surface area contributed by atoms with E-state index in [-0.39, 0.29) is 25.7 Å². The fourth-order valence-electron chi connectivity index (χ4n) is 5.31. The van der Waals surface area contributed by atoms with Crippen molar-refractivity contribution in [2.75, 3.05) is 26.4 Å². The Morgan fingerprint density at radius 2 is 1.10 bits per heavy atom. The zero-order valence-electron chi connectivity index (χ0n) is 35.6. The van der Waals surface area contributed by atoms with Gasteiger partial charge in [0, 0.05) is 12.8 Å². The van der Waals surface area contributed by atoms with Gasteiger partial charge in [-0.2, -0.15) is 0 Å². The normalized spacial score (nSPS) is 16.2. The van der Waals surface area contributed by atoms with Crippen LogP contribution in [0.25, 0.3) is 0 Å². The van der Waals surface area contributed by atoms with E-state index in [0.717, 1.165) is 64.2 Å². The fourth-order valence-corrected chi connectivity index (χ4v) is 6.47. The molecule has 1 unspecified atom stereocenters. The van der Waals surface area contributed by atoms with Crippen LogP contribution in [0.2, 0.25) is 0 Å². The van der Waals surface area contributed by atoms with Crippen molar-refractivity contribution >= 4 is 27.6 Å². The molecule has 6 atom stereocenters. The van der Waals surface area contributed by atoms with Gasteiger partial charge in [-0.3, -0.25) is 23.2 Å². The summed E-state index contributed by atoms with van der Waals surface area (Å²) in [6, 6.07) is 0. The quantitative estimate of drug-likeness (QED) is 0.0105. The summed E-state index contributed by atoms with van der Waals surface area (Å²) >= 11 is 0. The van der Waals surface area contributed by atoms with Crippen LogP contribution in [-0.4, -0.2) is 104 Å². The molecule has 0 aliphatic rings. The maximum Gasteiger partial charge on any atom is 0.472 e. The van der Waals surface area contributed by atoms with Crippen LogP contribution in [0.4, 0.5) is 0 Å². The molecule has 0 fully saturated rings. The second-order valence-corrected chi connectivity index (χ2v) is 17.2. The van der Waals surface area contributed by atoms with Crippen LogP contribution in [0, 0.1) is 0 Å². The van der Waals surface area contributed by atoms with Gasteiger partial charge >= 0.3 is 27.6 Å². The largest absolute Gasteiger partial charge is 0.472 e. The number of carbonyl (C=O) groups is 2. The van der Waals surface area contributed by atoms with E-state index in [2.05, 4.69) is 35.0 Å². The number of hydrogen-bond donors (Lipinski definition) is 7. The lowest BCUT2D eigenvalue weighted by atomic mass is 10.1. The van der Waals surface area contributed by atoms with Gasteiger partial charge in [-0.1, -0.05) is 132 Å². The van der Waals surface area contributed by atoms with Crippen molar-refractivity contribution in [1.29, 1.82) is 0 Å². The van der Waals surface area contributed by atoms with Gasteiger partial charge in [0.15, 0.2) is 6.10 Å². The molecule has 0 heterocycles. The van der Waals surface area contributed by atoms with Crippen LogP contribution in [0.3, 0.4) is 0 Å². The monoisotopic (exact) mass is 896 g/mol. The molecule has 0 spiro atoms. The summed E-state index contributed by atoms with van der Waals surface area (Å²) in [4.78, 5) is 52.7. The predicted molar refractivity (Wildman–Crippen MR) is 229 cm³/mol. The summed E-state index contributed by atoms with van der Waals surface area (Å²) in [5, 5.41) is 40.2. The summed E-state index contributed by atoms with van der Waals surface area (Å²) in [7, 11) is -9.79. The minimum atomic E-state index is -4.90. The van der Waals surface area contributed by atoms with Crippen molar-refractivity contribution in [2.24, 2.45) is 0 Å². The van der Waals surface area contributed by atoms with Crippen LogP contribution >= 0.6 is 15.6 Å². The molecule has 18 heteroatoms. The Bertz CT molecular complexity index is 1340. The summed E-state index contributed by atoms with van der Waals surface area (Å²) in [6.45, 7) is 1.22. The van der Waals surface area contributed by atoms with E-state index in [1.807, 2.05) is 0 Å². The Hall–Kier alpha value is -2.30. The average molecular weight is 897 g/mol. The summed E-state index contributed by atoms with van der Waals surface area (Å²) in [5.41, 5.74) is 0. The van der Waals surface area contributed by atoms with Crippen molar-refractivity contribution in [1.82, 2.24) is 0 Å². The second kappa shape index (κ2) is 37.3. The molecule has 348 valence electrons. The number of phosphoric acid groups is 2. The zero-order chi connectivity index (χ0) is 44.9. The number of esters is 2. The molecule has 60 heavy (non-hydrogen) atoms. The number of phosphoric ester groups is 2. The third-order valence-corrected chi connectivity index (χ3v) is 10.2. The van der Waals surface area contributed by atoms with Crippen LogP contribution in [0.1, 0.15) is 136 Å². The van der Waals surface area contributed by atoms with Gasteiger partial charge in [0.25, 0.3) is 0 Å². The molecule has 0 aliphatic heterocycles. The molecule has 0 rings (SSSR count). The van der Waals surface area contributed by atoms with Gasteiger partial charge < -0.3 is 44.6 Å². The number of rotatable bonds is 39. The Morgan fingerprint density at radius 1 is 0.567 bits per heavy atom. The topological polar surface area (TPSA) is 256 Å². The molecular formula is C42H74O16P2. The van der Waals surface area contributed by atoms with E-state index in [1.165, 1.54) is 31.8 Å². The molecule has 0 aliphatic carbocycles. The molecule has 0 radical (unpaired) electrons. The van der Waals surface area contributed by atoms with Gasteiger partial charge in [-0.15, -0.1) is 0 Å². The lowest BCUT2D eigenvalue weighted by Crippen LogP contribution is -2.30. The van der Waals surface area contributed by atoms with Crippen molar-refractivity contribution in [3.63, 3.8) is 0 Å². The Labute approximate surface area is 357 Å². The zero-order valence-corrected chi connectivity index (χ0v) is 37.4. The number of aliphatic hydroxyl groups is 4. The Balaban J connectivity index is 4.87. The van der Waals surface area contributed by atoms with E-state index >= 15 is 0 Å². The van der Waals surface area contributed by atoms with E-state index < -0.39 is 84.5 Å². The van der Waals surface area contributed by atoms with Gasteiger partial charge in [0.1, 0.15) is 12.7 Å². The number of unbranched alkanes of at least 4 members (excludes halogenated alkanes) is 11. The van der Waals surface area contributed by atoms with Gasteiger partial charge in [-0.25, -0.2) is 9.13 Å². The van der Waals surface area contributed by atoms with Gasteiger partial charge in [0.05, 0.1) is 38.1 Å². The minimum Gasteiger partial charge on any atom is -0.462 e. The predicted octanol–water partition coefficient (Wildman–Crippen LogP) is 7.36. The highest BCUT2D eigenvalue weighted by Crippen LogP contribution is 2.43. The van der Waals surface area contributed by atoms with Crippen molar-refractivity contribution < 1.29 is 76.9 Å². The molecule has 0 amide bonds. The molecular weight excluding hydrogens is 822 g/mol. The number of aliphatic hydroxyl groups excluding tert-OH is 4. The fraction of sp³-hybridized carbons (Fsp3) is 0.714. The second-order valence-electron chi connectivity index (χ2n) is 14.5. The number of ether oxygens (including phenoxy) is 2.